The minimum atomic E-state index is -2.88. The van der Waals surface area contributed by atoms with E-state index < -0.39 is 27.5 Å². The first kappa shape index (κ1) is 19.5. The van der Waals surface area contributed by atoms with E-state index in [0.29, 0.717) is 13.0 Å². The predicted molar refractivity (Wildman–Crippen MR) is 95.4 cm³/mol. The van der Waals surface area contributed by atoms with Gasteiger partial charge < -0.3 is 10.4 Å². The molecule has 148 valence electrons. The van der Waals surface area contributed by atoms with E-state index in [0.717, 1.165) is 31.1 Å². The number of urea groups is 1. The van der Waals surface area contributed by atoms with E-state index in [1.165, 1.54) is 0 Å². The molecule has 9 nitrogen and oxygen atoms in total. The van der Waals surface area contributed by atoms with Gasteiger partial charge in [-0.15, -0.1) is 0 Å². The van der Waals surface area contributed by atoms with Crippen LogP contribution in [0, 0.1) is 0 Å². The molecule has 3 heterocycles. The highest BCUT2D eigenvalue weighted by molar-refractivity contribution is 7.91. The summed E-state index contributed by atoms with van der Waals surface area (Å²) in [6.45, 7) is 6.65. The van der Waals surface area contributed by atoms with Crippen LogP contribution in [0.25, 0.3) is 0 Å². The molecule has 0 saturated carbocycles. The number of nitrogens with zero attached hydrogens (tertiary/aromatic N) is 3. The van der Waals surface area contributed by atoms with Crippen LogP contribution in [-0.2, 0) is 14.6 Å². The van der Waals surface area contributed by atoms with Gasteiger partial charge in [0, 0.05) is 38.8 Å². The molecule has 26 heavy (non-hydrogen) atoms. The third-order valence-electron chi connectivity index (χ3n) is 5.44. The van der Waals surface area contributed by atoms with Gasteiger partial charge >= 0.3 is 6.03 Å². The van der Waals surface area contributed by atoms with Gasteiger partial charge in [-0.3, -0.25) is 19.5 Å². The van der Waals surface area contributed by atoms with Gasteiger partial charge in [0.2, 0.25) is 0 Å². The number of hydrogen-bond acceptors (Lipinski definition) is 7. The van der Waals surface area contributed by atoms with Gasteiger partial charge in [0.25, 0.3) is 5.91 Å². The number of carbonyl (C=O) groups is 2. The molecule has 3 aliphatic heterocycles. The van der Waals surface area contributed by atoms with Crippen molar-refractivity contribution in [1.82, 2.24) is 20.0 Å². The molecule has 0 aromatic rings. The second-order valence-electron chi connectivity index (χ2n) is 8.02. The summed E-state index contributed by atoms with van der Waals surface area (Å²) >= 11 is 0. The lowest BCUT2D eigenvalue weighted by molar-refractivity contribution is -0.131. The second kappa shape index (κ2) is 7.06. The Hall–Kier alpha value is -1.23. The molecule has 0 aromatic carbocycles. The summed E-state index contributed by atoms with van der Waals surface area (Å²) in [6.07, 6.45) is -0.107. The van der Waals surface area contributed by atoms with Crippen molar-refractivity contribution in [2.45, 2.75) is 38.0 Å². The average Bonchev–Trinajstić information content (AvgIpc) is 3.00. The Morgan fingerprint density at radius 3 is 2.35 bits per heavy atom. The Morgan fingerprint density at radius 1 is 1.19 bits per heavy atom. The standard InChI is InChI=1S/C16H28N4O5S/c1-16(2)14(22)20(15(23)17-16)10-13(21)9-18-4-6-19(7-5-18)12-3-8-26(24,25)11-12/h12-13,21H,3-11H2,1-2H3,(H,17,23)/t12-,13+/m1/s1. The van der Waals surface area contributed by atoms with Gasteiger partial charge in [0.1, 0.15) is 5.54 Å². The largest absolute Gasteiger partial charge is 0.390 e. The quantitative estimate of drug-likeness (QED) is 0.551. The number of aliphatic hydroxyl groups excluding tert-OH is 1. The maximum absolute atomic E-state index is 12.2. The molecule has 3 amide bonds. The third kappa shape index (κ3) is 4.19. The number of aliphatic hydroxyl groups is 1. The first-order valence-electron chi connectivity index (χ1n) is 9.06. The fourth-order valence-corrected chi connectivity index (χ4v) is 5.69. The van der Waals surface area contributed by atoms with Crippen LogP contribution >= 0.6 is 0 Å². The molecule has 3 fully saturated rings. The molecule has 0 radical (unpaired) electrons. The number of hydrogen-bond donors (Lipinski definition) is 2. The molecule has 3 aliphatic rings. The molecule has 0 bridgehead atoms. The van der Waals surface area contributed by atoms with E-state index in [1.54, 1.807) is 13.8 Å². The third-order valence-corrected chi connectivity index (χ3v) is 7.19. The summed E-state index contributed by atoms with van der Waals surface area (Å²) in [5.41, 5.74) is -0.927. The fraction of sp³-hybridized carbons (Fsp3) is 0.875. The Morgan fingerprint density at radius 2 is 1.85 bits per heavy atom. The van der Waals surface area contributed by atoms with Crippen molar-refractivity contribution in [3.8, 4) is 0 Å². The zero-order valence-corrected chi connectivity index (χ0v) is 16.2. The zero-order chi connectivity index (χ0) is 19.1. The van der Waals surface area contributed by atoms with Crippen molar-refractivity contribution in [3.05, 3.63) is 0 Å². The Bertz CT molecular complexity index is 672. The maximum atomic E-state index is 12.2. The molecule has 0 spiro atoms. The molecule has 0 aromatic heterocycles. The molecule has 2 atom stereocenters. The van der Waals surface area contributed by atoms with Crippen molar-refractivity contribution in [2.75, 3.05) is 50.8 Å². The van der Waals surface area contributed by atoms with Crippen LogP contribution in [0.4, 0.5) is 4.79 Å². The van der Waals surface area contributed by atoms with Crippen LogP contribution < -0.4 is 5.32 Å². The molecule has 10 heteroatoms. The van der Waals surface area contributed by atoms with Crippen LogP contribution in [0.1, 0.15) is 20.3 Å². The van der Waals surface area contributed by atoms with E-state index in [9.17, 15) is 23.1 Å². The van der Waals surface area contributed by atoms with Crippen LogP contribution in [0.2, 0.25) is 0 Å². The minimum Gasteiger partial charge on any atom is -0.390 e. The Kier molecular flexibility index (Phi) is 5.31. The van der Waals surface area contributed by atoms with Gasteiger partial charge in [-0.25, -0.2) is 13.2 Å². The minimum absolute atomic E-state index is 0.0187. The highest BCUT2D eigenvalue weighted by Crippen LogP contribution is 2.20. The summed E-state index contributed by atoms with van der Waals surface area (Å²) in [7, 11) is -2.88. The number of β-amino-alcohol motifs (C(OH)–C–C–N with tert-alkyl or cyclic N) is 1. The second-order valence-corrected chi connectivity index (χ2v) is 10.2. The average molecular weight is 388 g/mol. The summed E-state index contributed by atoms with van der Waals surface area (Å²) in [5, 5.41) is 12.9. The van der Waals surface area contributed by atoms with E-state index >= 15 is 0 Å². The SMILES string of the molecule is CC1(C)NC(=O)N(C[C@@H](O)CN2CCN([C@@H]3CCS(=O)(=O)C3)CC2)C1=O. The van der Waals surface area contributed by atoms with Gasteiger partial charge in [0.05, 0.1) is 24.2 Å². The number of sulfone groups is 1. The number of nitrogens with one attached hydrogen (secondary N) is 1. The Labute approximate surface area is 154 Å². The maximum Gasteiger partial charge on any atom is 0.325 e. The van der Waals surface area contributed by atoms with Gasteiger partial charge in [0.15, 0.2) is 9.84 Å². The van der Waals surface area contributed by atoms with E-state index in [2.05, 4.69) is 15.1 Å². The topological polar surface area (TPSA) is 110 Å². The summed E-state index contributed by atoms with van der Waals surface area (Å²) in [5.74, 6) is 0.199. The van der Waals surface area contributed by atoms with Crippen LogP contribution in [0.5, 0.6) is 0 Å². The normalized spacial score (nSPS) is 30.6. The lowest BCUT2D eigenvalue weighted by Gasteiger charge is -2.38. The van der Waals surface area contributed by atoms with Gasteiger partial charge in [-0.2, -0.15) is 0 Å². The summed E-state index contributed by atoms with van der Waals surface area (Å²) in [4.78, 5) is 29.4. The molecule has 0 aliphatic carbocycles. The number of piperazine rings is 1. The molecule has 3 rings (SSSR count). The molecule has 2 N–H and O–H groups in total. The molecule has 0 unspecified atom stereocenters. The molecule has 3 saturated heterocycles. The van der Waals surface area contributed by atoms with Gasteiger partial charge in [-0.1, -0.05) is 0 Å². The van der Waals surface area contributed by atoms with Crippen molar-refractivity contribution in [1.29, 1.82) is 0 Å². The van der Waals surface area contributed by atoms with E-state index in [4.69, 9.17) is 0 Å². The smallest absolute Gasteiger partial charge is 0.325 e. The molecular formula is C16H28N4O5S. The highest BCUT2D eigenvalue weighted by Gasteiger charge is 2.44. The van der Waals surface area contributed by atoms with Crippen LogP contribution in [0.15, 0.2) is 0 Å². The first-order chi connectivity index (χ1) is 12.1. The summed E-state index contributed by atoms with van der Waals surface area (Å²) < 4.78 is 23.2. The lowest BCUT2D eigenvalue weighted by Crippen LogP contribution is -2.53. The monoisotopic (exact) mass is 388 g/mol. The predicted octanol–water partition coefficient (Wildman–Crippen LogP) is -1.52. The fourth-order valence-electron chi connectivity index (χ4n) is 3.92. The van der Waals surface area contributed by atoms with Crippen molar-refractivity contribution in [2.24, 2.45) is 0 Å². The van der Waals surface area contributed by atoms with E-state index in [-0.39, 0.29) is 30.0 Å². The zero-order valence-electron chi connectivity index (χ0n) is 15.3. The van der Waals surface area contributed by atoms with Crippen molar-refractivity contribution >= 4 is 21.8 Å². The Balaban J connectivity index is 1.45. The number of imide groups is 1. The van der Waals surface area contributed by atoms with E-state index in [1.807, 2.05) is 0 Å². The van der Waals surface area contributed by atoms with Crippen molar-refractivity contribution < 1.29 is 23.1 Å². The summed E-state index contributed by atoms with van der Waals surface area (Å²) in [6, 6.07) is -0.355. The van der Waals surface area contributed by atoms with Gasteiger partial charge in [-0.05, 0) is 20.3 Å². The number of amides is 3. The first-order valence-corrected chi connectivity index (χ1v) is 10.9. The number of rotatable bonds is 5. The van der Waals surface area contributed by atoms with Crippen molar-refractivity contribution in [3.63, 3.8) is 0 Å². The lowest BCUT2D eigenvalue weighted by atomic mass is 10.1. The van der Waals surface area contributed by atoms with Crippen LogP contribution in [0.3, 0.4) is 0 Å². The highest BCUT2D eigenvalue weighted by atomic mass is 32.2. The number of carbonyl (C=O) groups excluding carboxylic acids is 2. The van der Waals surface area contributed by atoms with Crippen LogP contribution in [-0.4, -0.2) is 109 Å². The molecular weight excluding hydrogens is 360 g/mol.